The maximum Gasteiger partial charge on any atom is 0.408 e. The van der Waals surface area contributed by atoms with Crippen LogP contribution in [0.5, 0.6) is 5.75 Å². The molecule has 6 rings (SSSR count). The molecule has 2 aromatic carbocycles. The second kappa shape index (κ2) is 11.9. The SMILES string of the molecule is O=C(NC(c1ccccc1)c1cccc(OCC(=O)N2CCC(C(=O)O)CC2)c1)O[C@H]1CN2CCC1CC2. The molecule has 4 heterocycles. The minimum Gasteiger partial charge on any atom is -0.484 e. The normalized spacial score (nSPS) is 23.9. The summed E-state index contributed by atoms with van der Waals surface area (Å²) >= 11 is 0. The Morgan fingerprint density at radius 3 is 2.29 bits per heavy atom. The fraction of sp³-hybridized carbons (Fsp3) is 0.483. The summed E-state index contributed by atoms with van der Waals surface area (Å²) in [5.74, 6) is -0.427. The molecule has 0 aromatic heterocycles. The molecule has 0 aliphatic carbocycles. The van der Waals surface area contributed by atoms with Crippen molar-refractivity contribution in [2.24, 2.45) is 11.8 Å². The number of nitrogens with zero attached hydrogens (tertiary/aromatic N) is 2. The number of fused-ring (bicyclic) bond motifs is 3. The van der Waals surface area contributed by atoms with Crippen molar-refractivity contribution in [2.45, 2.75) is 37.8 Å². The lowest BCUT2D eigenvalue weighted by Crippen LogP contribution is -2.52. The summed E-state index contributed by atoms with van der Waals surface area (Å²) in [5.41, 5.74) is 1.72. The van der Waals surface area contributed by atoms with Crippen molar-refractivity contribution in [3.05, 3.63) is 65.7 Å². The average Bonchev–Trinajstić information content (AvgIpc) is 2.96. The first-order valence-electron chi connectivity index (χ1n) is 13.4. The number of rotatable bonds is 8. The van der Waals surface area contributed by atoms with Crippen molar-refractivity contribution in [1.82, 2.24) is 15.1 Å². The molecule has 0 saturated carbocycles. The number of hydrogen-bond donors (Lipinski definition) is 2. The van der Waals surface area contributed by atoms with Gasteiger partial charge in [0.1, 0.15) is 11.9 Å². The van der Waals surface area contributed by atoms with Crippen LogP contribution >= 0.6 is 0 Å². The molecule has 2 amide bonds. The van der Waals surface area contributed by atoms with Gasteiger partial charge >= 0.3 is 12.1 Å². The standard InChI is InChI=1S/C29H35N3O6/c33-26(32-15-11-22(12-16-32)28(34)35)19-37-24-8-4-7-23(17-24)27(21-5-2-1-3-6-21)30-29(36)38-25-18-31-13-9-20(25)10-14-31/h1-8,17,20,22,25,27H,9-16,18-19H2,(H,30,36)(H,34,35)/t25-,27?/m0/s1. The molecule has 9 nitrogen and oxygen atoms in total. The minimum absolute atomic E-state index is 0.0878. The van der Waals surface area contributed by atoms with E-state index in [4.69, 9.17) is 14.6 Å². The predicted octanol–water partition coefficient (Wildman–Crippen LogP) is 3.30. The third-order valence-electron chi connectivity index (χ3n) is 8.00. The first-order chi connectivity index (χ1) is 18.5. The van der Waals surface area contributed by atoms with Crippen LogP contribution in [0.3, 0.4) is 0 Å². The van der Waals surface area contributed by atoms with Gasteiger partial charge in [0, 0.05) is 19.6 Å². The van der Waals surface area contributed by atoms with Crippen LogP contribution in [-0.2, 0) is 14.3 Å². The first kappa shape index (κ1) is 26.0. The van der Waals surface area contributed by atoms with Crippen molar-refractivity contribution < 1.29 is 29.0 Å². The van der Waals surface area contributed by atoms with Gasteiger partial charge in [0.15, 0.2) is 6.61 Å². The lowest BCUT2D eigenvalue weighted by molar-refractivity contribution is -0.146. The molecule has 2 aromatic rings. The summed E-state index contributed by atoms with van der Waals surface area (Å²) in [7, 11) is 0. The van der Waals surface area contributed by atoms with Gasteiger partial charge in [0.2, 0.25) is 0 Å². The van der Waals surface area contributed by atoms with E-state index in [0.29, 0.717) is 37.6 Å². The van der Waals surface area contributed by atoms with E-state index in [9.17, 15) is 14.4 Å². The van der Waals surface area contributed by atoms with Gasteiger partial charge in [-0.2, -0.15) is 0 Å². The fourth-order valence-corrected chi connectivity index (χ4v) is 5.73. The van der Waals surface area contributed by atoms with E-state index in [-0.39, 0.29) is 18.6 Å². The second-order valence-corrected chi connectivity index (χ2v) is 10.4. The van der Waals surface area contributed by atoms with E-state index < -0.39 is 24.0 Å². The highest BCUT2D eigenvalue weighted by molar-refractivity contribution is 5.78. The van der Waals surface area contributed by atoms with E-state index in [1.54, 1.807) is 11.0 Å². The molecule has 4 saturated heterocycles. The van der Waals surface area contributed by atoms with Crippen LogP contribution in [0.15, 0.2) is 54.6 Å². The quantitative estimate of drug-likeness (QED) is 0.549. The summed E-state index contributed by atoms with van der Waals surface area (Å²) in [5, 5.41) is 12.2. The Balaban J connectivity index is 1.22. The number of benzene rings is 2. The Morgan fingerprint density at radius 2 is 1.63 bits per heavy atom. The Morgan fingerprint density at radius 1 is 0.921 bits per heavy atom. The van der Waals surface area contributed by atoms with Crippen LogP contribution in [0.2, 0.25) is 0 Å². The number of carbonyl (C=O) groups excluding carboxylic acids is 2. The van der Waals surface area contributed by atoms with Crippen molar-refractivity contribution in [2.75, 3.05) is 39.3 Å². The van der Waals surface area contributed by atoms with Gasteiger partial charge in [-0.15, -0.1) is 0 Å². The largest absolute Gasteiger partial charge is 0.484 e. The maximum atomic E-state index is 13.0. The molecule has 38 heavy (non-hydrogen) atoms. The number of alkyl carbamates (subject to hydrolysis) is 1. The smallest absolute Gasteiger partial charge is 0.408 e. The molecule has 202 valence electrons. The Kier molecular flexibility index (Phi) is 8.12. The molecule has 2 N–H and O–H groups in total. The Bertz CT molecular complexity index is 1130. The number of nitrogens with one attached hydrogen (secondary N) is 1. The lowest BCUT2D eigenvalue weighted by atomic mass is 9.86. The van der Waals surface area contributed by atoms with Crippen molar-refractivity contribution in [3.8, 4) is 5.75 Å². The number of carboxylic acids is 1. The highest BCUT2D eigenvalue weighted by Crippen LogP contribution is 2.30. The van der Waals surface area contributed by atoms with Crippen molar-refractivity contribution in [1.29, 1.82) is 0 Å². The van der Waals surface area contributed by atoms with Gasteiger partial charge in [0.25, 0.3) is 5.91 Å². The zero-order valence-electron chi connectivity index (χ0n) is 21.5. The second-order valence-electron chi connectivity index (χ2n) is 10.4. The maximum absolute atomic E-state index is 13.0. The number of likely N-dealkylation sites (tertiary alicyclic amines) is 1. The minimum atomic E-state index is -0.806. The molecule has 1 unspecified atom stereocenters. The van der Waals surface area contributed by atoms with E-state index in [1.807, 2.05) is 48.5 Å². The molecule has 2 atom stereocenters. The third kappa shape index (κ3) is 6.27. The number of carbonyl (C=O) groups is 3. The zero-order valence-corrected chi connectivity index (χ0v) is 21.5. The van der Waals surface area contributed by atoms with Gasteiger partial charge in [-0.25, -0.2) is 4.79 Å². The molecule has 0 radical (unpaired) electrons. The van der Waals surface area contributed by atoms with E-state index in [2.05, 4.69) is 10.2 Å². The Hall–Kier alpha value is -3.59. The van der Waals surface area contributed by atoms with Crippen molar-refractivity contribution in [3.63, 3.8) is 0 Å². The third-order valence-corrected chi connectivity index (χ3v) is 8.00. The van der Waals surface area contributed by atoms with Gasteiger partial charge in [0.05, 0.1) is 12.0 Å². The molecular weight excluding hydrogens is 486 g/mol. The molecular formula is C29H35N3O6. The summed E-state index contributed by atoms with van der Waals surface area (Å²) in [6.07, 6.45) is 2.51. The fourth-order valence-electron chi connectivity index (χ4n) is 5.73. The zero-order chi connectivity index (χ0) is 26.5. The molecule has 4 aliphatic heterocycles. The molecule has 2 bridgehead atoms. The molecule has 4 fully saturated rings. The van der Waals surface area contributed by atoms with Gasteiger partial charge in [-0.3, -0.25) is 14.5 Å². The van der Waals surface area contributed by atoms with Crippen LogP contribution in [0.25, 0.3) is 0 Å². The predicted molar refractivity (Wildman–Crippen MR) is 140 cm³/mol. The monoisotopic (exact) mass is 521 g/mol. The highest BCUT2D eigenvalue weighted by Gasteiger charge is 2.37. The molecule has 4 aliphatic rings. The van der Waals surface area contributed by atoms with Gasteiger partial charge in [-0.1, -0.05) is 42.5 Å². The lowest BCUT2D eigenvalue weighted by Gasteiger charge is -2.43. The summed E-state index contributed by atoms with van der Waals surface area (Å²) in [6.45, 7) is 3.65. The molecule has 0 spiro atoms. The van der Waals surface area contributed by atoms with E-state index in [0.717, 1.165) is 43.6 Å². The summed E-state index contributed by atoms with van der Waals surface area (Å²) in [6, 6.07) is 16.6. The topological polar surface area (TPSA) is 108 Å². The van der Waals surface area contributed by atoms with Crippen LogP contribution in [0.4, 0.5) is 4.79 Å². The molecule has 9 heteroatoms. The summed E-state index contributed by atoms with van der Waals surface area (Å²) < 4.78 is 11.7. The Labute approximate surface area is 222 Å². The number of ether oxygens (including phenoxy) is 2. The van der Waals surface area contributed by atoms with Crippen molar-refractivity contribution >= 4 is 18.0 Å². The van der Waals surface area contributed by atoms with Gasteiger partial charge in [-0.05, 0) is 68.0 Å². The van der Waals surface area contributed by atoms with Crippen LogP contribution < -0.4 is 10.1 Å². The van der Waals surface area contributed by atoms with E-state index >= 15 is 0 Å². The van der Waals surface area contributed by atoms with Crippen LogP contribution in [0.1, 0.15) is 42.9 Å². The number of hydrogen-bond acceptors (Lipinski definition) is 6. The average molecular weight is 522 g/mol. The first-order valence-corrected chi connectivity index (χ1v) is 13.4. The number of piperidine rings is 4. The van der Waals surface area contributed by atoms with Crippen LogP contribution in [0, 0.1) is 11.8 Å². The van der Waals surface area contributed by atoms with E-state index in [1.165, 1.54) is 0 Å². The van der Waals surface area contributed by atoms with Gasteiger partial charge < -0.3 is 24.8 Å². The summed E-state index contributed by atoms with van der Waals surface area (Å²) in [4.78, 5) is 40.8. The number of aliphatic carboxylic acids is 1. The number of amides is 2. The highest BCUT2D eigenvalue weighted by atomic mass is 16.6. The number of carboxylic acid groups (broad SMARTS) is 1. The van der Waals surface area contributed by atoms with Crippen LogP contribution in [-0.4, -0.2) is 78.3 Å².